The first-order valence-electron chi connectivity index (χ1n) is 35.8. The molecule has 4 aliphatic heterocycles. The number of esters is 1. The number of carbonyl (C=O) groups excluding carboxylic acids is 14. The number of amides is 13. The van der Waals surface area contributed by atoms with Crippen molar-refractivity contribution in [1.82, 2.24) is 62.1 Å². The molecular formula is C72H105N13O20. The molecule has 0 spiro atoms. The summed E-state index contributed by atoms with van der Waals surface area (Å²) >= 11 is 0. The zero-order chi connectivity index (χ0) is 77.5. The maximum Gasteiger partial charge on any atom is 0.329 e. The van der Waals surface area contributed by atoms with Crippen LogP contribution in [0.15, 0.2) is 66.4 Å². The summed E-state index contributed by atoms with van der Waals surface area (Å²) in [6.45, 7) is 8.87. The Labute approximate surface area is 610 Å². The number of fused-ring (bicyclic) bond motifs is 3. The molecule has 0 saturated carbocycles. The number of primary amides is 1. The zero-order valence-corrected chi connectivity index (χ0v) is 61.1. The van der Waals surface area contributed by atoms with Gasteiger partial charge in [-0.15, -0.1) is 0 Å². The Balaban J connectivity index is 1.45. The molecule has 2 aromatic carbocycles. The van der Waals surface area contributed by atoms with Crippen LogP contribution in [0.3, 0.4) is 0 Å². The highest BCUT2D eigenvalue weighted by Gasteiger charge is 2.46. The van der Waals surface area contributed by atoms with Gasteiger partial charge in [-0.25, -0.2) is 4.79 Å². The van der Waals surface area contributed by atoms with Gasteiger partial charge in [0.2, 0.25) is 65.0 Å². The fourth-order valence-corrected chi connectivity index (χ4v) is 13.3. The number of hydrogen-bond acceptors (Lipinski definition) is 20. The SMILES string of the molecule is C/C=C1/NC(=O)[C@H](CO)NC(=O)[C@@H]([C@@H](C)CC)NC(=O)[C@@H]2CCCN2C(=O)[C@@H]2CCCN2C(=O)CNC(=O)[C@@H](CCC(N)=O)NC(=O)C(O)C(CC(CC(O)Cc2ccccc2)OC(=O)[C@H](CC(C)C)N(C)C(C)=O)NC(=O)[C@@H]2CCCN2C(=O)[C@@H](Cc2ccc(OC)cc2)NC(=O)[C@H]([C@@H](C)O)NC1=O. The van der Waals surface area contributed by atoms with E-state index in [4.69, 9.17) is 15.2 Å². The van der Waals surface area contributed by atoms with Gasteiger partial charge in [-0.05, 0) is 107 Å². The molecule has 4 unspecified atom stereocenters. The number of nitrogens with zero attached hydrogens (tertiary/aromatic N) is 4. The smallest absolute Gasteiger partial charge is 0.329 e. The minimum Gasteiger partial charge on any atom is -0.497 e. The number of benzene rings is 2. The van der Waals surface area contributed by atoms with E-state index in [0.717, 1.165) is 17.9 Å². The fourth-order valence-electron chi connectivity index (χ4n) is 13.3. The van der Waals surface area contributed by atoms with Crippen molar-refractivity contribution in [3.05, 3.63) is 77.5 Å². The molecule has 14 N–H and O–H groups in total. The fraction of sp³-hybridized carbons (Fsp3) is 0.611. The number of aliphatic hydroxyl groups excluding tert-OH is 4. The molecule has 33 heteroatoms. The molecule has 33 nitrogen and oxygen atoms in total. The lowest BCUT2D eigenvalue weighted by atomic mass is 9.95. The molecule has 105 heavy (non-hydrogen) atoms. The molecule has 15 atom stereocenters. The van der Waals surface area contributed by atoms with E-state index in [9.17, 15) is 78.0 Å². The molecule has 0 radical (unpaired) electrons. The predicted molar refractivity (Wildman–Crippen MR) is 377 cm³/mol. The second kappa shape index (κ2) is 40.0. The molecule has 4 saturated heterocycles. The van der Waals surface area contributed by atoms with Crippen molar-refractivity contribution in [1.29, 1.82) is 0 Å². The Morgan fingerprint density at radius 1 is 0.676 bits per heavy atom. The van der Waals surface area contributed by atoms with Crippen molar-refractivity contribution >= 4 is 82.8 Å². The Morgan fingerprint density at radius 3 is 1.83 bits per heavy atom. The summed E-state index contributed by atoms with van der Waals surface area (Å²) in [6.07, 6.45) is -6.87. The van der Waals surface area contributed by atoms with Gasteiger partial charge in [0.1, 0.15) is 71.9 Å². The first kappa shape index (κ1) is 84.3. The largest absolute Gasteiger partial charge is 0.497 e. The highest BCUT2D eigenvalue weighted by Crippen LogP contribution is 2.28. The number of rotatable bonds is 21. The Bertz CT molecular complexity index is 3450. The second-order valence-electron chi connectivity index (χ2n) is 27.7. The highest BCUT2D eigenvalue weighted by molar-refractivity contribution is 6.03. The molecule has 4 heterocycles. The van der Waals surface area contributed by atoms with Gasteiger partial charge in [-0.1, -0.05) is 82.7 Å². The van der Waals surface area contributed by atoms with Gasteiger partial charge < -0.3 is 97.8 Å². The second-order valence-corrected chi connectivity index (χ2v) is 27.7. The third kappa shape index (κ3) is 23.7. The molecule has 4 fully saturated rings. The topological polar surface area (TPSA) is 474 Å². The van der Waals surface area contributed by atoms with Crippen LogP contribution in [0, 0.1) is 11.8 Å². The van der Waals surface area contributed by atoms with Crippen LogP contribution in [0.4, 0.5) is 0 Å². The van der Waals surface area contributed by atoms with E-state index >= 15 is 9.59 Å². The van der Waals surface area contributed by atoms with Crippen LogP contribution in [0.1, 0.15) is 137 Å². The Kier molecular flexibility index (Phi) is 32.2. The number of allylic oxidation sites excluding steroid dienone is 1. The molecule has 4 aliphatic rings. The molecule has 0 aromatic heterocycles. The normalized spacial score (nSPS) is 26.0. The number of nitrogens with two attached hydrogens (primary N) is 1. The van der Waals surface area contributed by atoms with Crippen LogP contribution < -0.4 is 53.0 Å². The monoisotopic (exact) mass is 1470 g/mol. The average Bonchev–Trinajstić information content (AvgIpc) is 1.71. The summed E-state index contributed by atoms with van der Waals surface area (Å²) in [5, 5.41) is 65.9. The van der Waals surface area contributed by atoms with Gasteiger partial charge in [-0.2, -0.15) is 0 Å². The number of nitrogens with one attached hydrogen (secondary N) is 8. The highest BCUT2D eigenvalue weighted by atomic mass is 16.5. The van der Waals surface area contributed by atoms with Gasteiger partial charge in [-0.3, -0.25) is 62.3 Å². The maximum atomic E-state index is 15.3. The number of likely N-dealkylation sites (N-methyl/N-ethyl adjacent to an activating group) is 1. The van der Waals surface area contributed by atoms with Gasteiger partial charge in [0.25, 0.3) is 11.8 Å². The van der Waals surface area contributed by atoms with Crippen molar-refractivity contribution in [3.63, 3.8) is 0 Å². The van der Waals surface area contributed by atoms with Crippen molar-refractivity contribution in [2.75, 3.05) is 46.9 Å². The first-order valence-corrected chi connectivity index (χ1v) is 35.8. The van der Waals surface area contributed by atoms with Gasteiger partial charge >= 0.3 is 5.97 Å². The summed E-state index contributed by atoms with van der Waals surface area (Å²) < 4.78 is 11.5. The lowest BCUT2D eigenvalue weighted by Gasteiger charge is -2.34. The summed E-state index contributed by atoms with van der Waals surface area (Å²) in [4.78, 5) is 204. The third-order valence-electron chi connectivity index (χ3n) is 19.5. The molecule has 0 aliphatic carbocycles. The number of hydrogen-bond donors (Lipinski definition) is 13. The molecule has 0 bridgehead atoms. The number of ether oxygens (including phenoxy) is 2. The number of carbonyl (C=O) groups is 14. The lowest BCUT2D eigenvalue weighted by Crippen LogP contribution is -2.61. The molecule has 2 aromatic rings. The van der Waals surface area contributed by atoms with E-state index in [2.05, 4.69) is 42.5 Å². The van der Waals surface area contributed by atoms with Crippen LogP contribution in [0.5, 0.6) is 5.75 Å². The summed E-state index contributed by atoms with van der Waals surface area (Å²) in [6, 6.07) is -0.169. The van der Waals surface area contributed by atoms with Crippen LogP contribution in [-0.4, -0.2) is 255 Å². The van der Waals surface area contributed by atoms with Crippen LogP contribution in [-0.2, 0) is 84.7 Å². The molecule has 578 valence electrons. The minimum absolute atomic E-state index is 0.0112. The van der Waals surface area contributed by atoms with Crippen molar-refractivity contribution < 1.29 is 97.0 Å². The Morgan fingerprint density at radius 2 is 1.26 bits per heavy atom. The van der Waals surface area contributed by atoms with E-state index in [1.54, 1.807) is 82.3 Å². The summed E-state index contributed by atoms with van der Waals surface area (Å²) in [7, 11) is 2.82. The van der Waals surface area contributed by atoms with Gasteiger partial charge in [0.15, 0.2) is 6.10 Å². The van der Waals surface area contributed by atoms with Crippen molar-refractivity contribution in [2.45, 2.75) is 223 Å². The quantitative estimate of drug-likeness (QED) is 0.0454. The van der Waals surface area contributed by atoms with E-state index in [1.807, 2.05) is 0 Å². The molecular weight excluding hydrogens is 1370 g/mol. The number of methoxy groups -OCH3 is 1. The summed E-state index contributed by atoms with van der Waals surface area (Å²) in [5.41, 5.74) is 6.11. The molecule has 6 rings (SSSR count). The lowest BCUT2D eigenvalue weighted by molar-refractivity contribution is -0.161. The third-order valence-corrected chi connectivity index (χ3v) is 19.5. The van der Waals surface area contributed by atoms with Crippen LogP contribution in [0.2, 0.25) is 0 Å². The van der Waals surface area contributed by atoms with Crippen LogP contribution >= 0.6 is 0 Å². The maximum absolute atomic E-state index is 15.3. The average molecular weight is 1470 g/mol. The minimum atomic E-state index is -2.43. The molecule has 13 amide bonds. The summed E-state index contributed by atoms with van der Waals surface area (Å²) in [5.74, 6) is -13.6. The zero-order valence-electron chi connectivity index (χ0n) is 61.1. The van der Waals surface area contributed by atoms with Crippen molar-refractivity contribution in [2.24, 2.45) is 17.6 Å². The first-order chi connectivity index (χ1) is 49.8. The predicted octanol–water partition coefficient (Wildman–Crippen LogP) is -2.50. The van der Waals surface area contributed by atoms with E-state index in [-0.39, 0.29) is 70.5 Å². The standard InChI is InChI=1S/C72H105N13O20/c1-10-40(5)59-67(98)79-52(38-86)64(95)75-48(11-2)63(94)81-60(41(6)87)68(99)78-51(34-44-23-25-46(104-9)26-24-44)70(101)84-30-15-20-53(84)65(96)77-50(36-47(35-45(89)33-43-18-13-12-14-19-43)105-72(103)56(32-39(3)4)82(8)42(7)88)61(92)69(100)76-49(27-28-57(73)90)62(93)74-37-58(91)83-29-17-22-55(83)71(102)85-31-16-21-54(85)66(97)80-59/h11-14,18-19,23-26,39-41,45,47,49-56,59-61,86-87,89,92H,10,15-17,20-22,27-38H2,1-9H3,(H2,73,90)(H,74,93)(H,75,95)(H,76,100)(H,77,96)(H,78,99)(H,79,98)(H,80,97)(H,81,94)/b48-11+/t40-,41+,45?,47?,49+,50?,51+,52-,53-,54-,55-,56-,59+,60-,61?/m0/s1. The van der Waals surface area contributed by atoms with E-state index < -0.39 is 218 Å². The van der Waals surface area contributed by atoms with E-state index in [1.165, 1.54) is 42.7 Å². The number of aliphatic hydroxyl groups is 4. The van der Waals surface area contributed by atoms with Crippen LogP contribution in [0.25, 0.3) is 0 Å². The van der Waals surface area contributed by atoms with Crippen molar-refractivity contribution in [3.8, 4) is 5.75 Å². The van der Waals surface area contributed by atoms with E-state index in [0.29, 0.717) is 36.1 Å². The Hall–Kier alpha value is -9.60. The van der Waals surface area contributed by atoms with Gasteiger partial charge in [0.05, 0.1) is 38.5 Å². The van der Waals surface area contributed by atoms with Gasteiger partial charge in [0, 0.05) is 59.3 Å².